The Morgan fingerprint density at radius 1 is 1.28 bits per heavy atom. The van der Waals surface area contributed by atoms with Crippen molar-refractivity contribution in [1.82, 2.24) is 0 Å². The van der Waals surface area contributed by atoms with Gasteiger partial charge in [-0.15, -0.1) is 0 Å². The Bertz CT molecular complexity index is 998. The fourth-order valence-electron chi connectivity index (χ4n) is 2.27. The van der Waals surface area contributed by atoms with Crippen LogP contribution in [0.15, 0.2) is 53.2 Å². The summed E-state index contributed by atoms with van der Waals surface area (Å²) in [4.78, 5) is 1.13. The van der Waals surface area contributed by atoms with Gasteiger partial charge in [0.15, 0.2) is 18.0 Å². The van der Waals surface area contributed by atoms with Crippen molar-refractivity contribution in [2.45, 2.75) is 4.90 Å². The van der Waals surface area contributed by atoms with Crippen LogP contribution in [0.5, 0.6) is 0 Å². The van der Waals surface area contributed by atoms with Crippen molar-refractivity contribution in [2.24, 2.45) is 0 Å². The van der Waals surface area contributed by atoms with E-state index < -0.39 is 15.0 Å². The molecule has 1 aromatic carbocycles. The van der Waals surface area contributed by atoms with Gasteiger partial charge in [0, 0.05) is 32.3 Å². The van der Waals surface area contributed by atoms with Crippen molar-refractivity contribution in [3.05, 3.63) is 53.9 Å². The molecule has 0 saturated heterocycles. The highest BCUT2D eigenvalue weighted by atomic mass is 32.2. The summed E-state index contributed by atoms with van der Waals surface area (Å²) in [6.45, 7) is 0. The summed E-state index contributed by atoms with van der Waals surface area (Å²) >= 11 is 0. The lowest BCUT2D eigenvalue weighted by Gasteiger charge is -2.20. The van der Waals surface area contributed by atoms with Gasteiger partial charge in [-0.3, -0.25) is 0 Å². The van der Waals surface area contributed by atoms with Crippen LogP contribution in [0.4, 0.5) is 5.69 Å². The second-order valence-electron chi connectivity index (χ2n) is 5.30. The van der Waals surface area contributed by atoms with E-state index in [4.69, 9.17) is 10.5 Å². The smallest absolute Gasteiger partial charge is 0.319 e. The first-order valence-electron chi connectivity index (χ1n) is 7.10. The van der Waals surface area contributed by atoms with E-state index in [0.717, 1.165) is 0 Å². The number of pyridine rings is 1. The van der Waals surface area contributed by atoms with Crippen molar-refractivity contribution in [3.8, 4) is 17.8 Å². The lowest BCUT2D eigenvalue weighted by molar-refractivity contribution is -0.595. The minimum absolute atomic E-state index is 0.0929. The van der Waals surface area contributed by atoms with Crippen molar-refractivity contribution in [1.29, 1.82) is 5.26 Å². The molecule has 2 aromatic rings. The molecule has 0 unspecified atom stereocenters. The molecule has 0 atom stereocenters. The van der Waals surface area contributed by atoms with Crippen molar-refractivity contribution >= 4 is 21.9 Å². The van der Waals surface area contributed by atoms with E-state index in [2.05, 4.69) is 0 Å². The third-order valence-corrected chi connectivity index (χ3v) is 4.27. The monoisotopic (exact) mass is 355 g/mol. The largest absolute Gasteiger partial charge is 0.744 e. The van der Waals surface area contributed by atoms with Gasteiger partial charge < -0.3 is 9.45 Å². The molecule has 0 aliphatic rings. The number of nitrogens with zero attached hydrogens (tertiary/aromatic N) is 3. The summed E-state index contributed by atoms with van der Waals surface area (Å²) in [5.74, 6) is 0. The minimum Gasteiger partial charge on any atom is -0.744 e. The predicted molar refractivity (Wildman–Crippen MR) is 88.7 cm³/mol. The first-order chi connectivity index (χ1) is 11.8. The molecular weight excluding hydrogens is 340 g/mol. The molecule has 2 rings (SSSR count). The van der Waals surface area contributed by atoms with Gasteiger partial charge in [-0.2, -0.15) is 9.83 Å². The van der Waals surface area contributed by atoms with E-state index in [1.807, 2.05) is 12.1 Å². The third-order valence-electron chi connectivity index (χ3n) is 3.41. The zero-order chi connectivity index (χ0) is 18.6. The minimum atomic E-state index is -4.73. The predicted octanol–water partition coefficient (Wildman–Crippen LogP) is -0.387. The molecule has 1 heterocycles. The Balaban J connectivity index is 2.91. The number of benzene rings is 1. The fraction of sp³-hybridized carbons (Fsp3) is 0.118. The summed E-state index contributed by atoms with van der Waals surface area (Å²) in [7, 11) is -1.47. The van der Waals surface area contributed by atoms with Gasteiger partial charge in [0.05, 0.1) is 16.1 Å². The molecule has 0 aliphatic carbocycles. The normalized spacial score (nSPS) is 11.5. The number of hydrogen-bond donors (Lipinski definition) is 1. The SMILES string of the molecule is CN(C)c1cc(-[n+]2ccccc2)c(C=C(C#N)C#[NH+])cc1S(=O)(=O)[O-]. The lowest BCUT2D eigenvalue weighted by atomic mass is 10.1. The number of nitriles is 1. The molecule has 0 fully saturated rings. The molecule has 1 aromatic heterocycles. The van der Waals surface area contributed by atoms with Gasteiger partial charge in [0.25, 0.3) is 0 Å². The van der Waals surface area contributed by atoms with E-state index in [1.54, 1.807) is 55.3 Å². The van der Waals surface area contributed by atoms with Crippen LogP contribution in [0.3, 0.4) is 0 Å². The summed E-state index contributed by atoms with van der Waals surface area (Å²) in [6, 6.07) is 11.9. The molecule has 0 radical (unpaired) electrons. The van der Waals surface area contributed by atoms with Crippen LogP contribution in [0, 0.1) is 17.4 Å². The van der Waals surface area contributed by atoms with Crippen LogP contribution in [-0.2, 0) is 10.1 Å². The summed E-state index contributed by atoms with van der Waals surface area (Å²) < 4.78 is 36.7. The quantitative estimate of drug-likeness (QED) is 0.456. The Hall–Kier alpha value is -3.20. The van der Waals surface area contributed by atoms with Gasteiger partial charge in [0.2, 0.25) is 5.69 Å². The van der Waals surface area contributed by atoms with E-state index in [9.17, 15) is 13.0 Å². The molecule has 25 heavy (non-hydrogen) atoms. The Labute approximate surface area is 146 Å². The molecule has 0 amide bonds. The Morgan fingerprint density at radius 3 is 2.40 bits per heavy atom. The van der Waals surface area contributed by atoms with Crippen molar-refractivity contribution in [2.75, 3.05) is 19.0 Å². The highest BCUT2D eigenvalue weighted by molar-refractivity contribution is 7.86. The number of hydrogen-bond acceptors (Lipinski definition) is 5. The highest BCUT2D eigenvalue weighted by Gasteiger charge is 2.20. The second kappa shape index (κ2) is 7.14. The maximum absolute atomic E-state index is 11.7. The van der Waals surface area contributed by atoms with Crippen LogP contribution in [0.25, 0.3) is 11.8 Å². The maximum Gasteiger partial charge on any atom is 0.319 e. The number of rotatable bonds is 4. The molecular formula is C17H15N4O3S+. The highest BCUT2D eigenvalue weighted by Crippen LogP contribution is 2.29. The molecule has 0 saturated carbocycles. The average molecular weight is 355 g/mol. The van der Waals surface area contributed by atoms with E-state index in [1.165, 1.54) is 17.0 Å². The second-order valence-corrected chi connectivity index (χ2v) is 6.65. The van der Waals surface area contributed by atoms with Crippen LogP contribution in [-0.4, -0.2) is 27.1 Å². The average Bonchev–Trinajstić information content (AvgIpc) is 2.58. The number of anilines is 1. The molecule has 7 nitrogen and oxygen atoms in total. The van der Waals surface area contributed by atoms with Gasteiger partial charge in [-0.05, 0) is 12.1 Å². The number of nitrogens with one attached hydrogen (secondary N) is 1. The van der Waals surface area contributed by atoms with Gasteiger partial charge >= 0.3 is 6.07 Å². The van der Waals surface area contributed by atoms with E-state index >= 15 is 0 Å². The zero-order valence-electron chi connectivity index (χ0n) is 13.6. The topological polar surface area (TPSA) is 112 Å². The van der Waals surface area contributed by atoms with E-state index in [0.29, 0.717) is 11.3 Å². The van der Waals surface area contributed by atoms with E-state index in [-0.39, 0.29) is 11.3 Å². The standard InChI is InChI=1S/C17H14N4O3S/c1-20(2)16-10-15(21-6-4-3-5-7-21)14(8-13(11-18)12-19)9-17(16)25(22,23)24/h3-10H,1-2H3/p+1. The molecule has 0 aliphatic heterocycles. The van der Waals surface area contributed by atoms with Gasteiger partial charge in [0.1, 0.15) is 16.2 Å². The third kappa shape index (κ3) is 4.01. The molecule has 126 valence electrons. The Morgan fingerprint density at radius 2 is 1.92 bits per heavy atom. The van der Waals surface area contributed by atoms with Crippen LogP contribution < -0.4 is 14.7 Å². The first kappa shape index (κ1) is 18.1. The number of aromatic nitrogens is 1. The molecule has 8 heteroatoms. The summed E-state index contributed by atoms with van der Waals surface area (Å²) in [5, 5.41) is 16.2. The van der Waals surface area contributed by atoms with Crippen LogP contribution in [0.2, 0.25) is 0 Å². The molecule has 0 bridgehead atoms. The van der Waals surface area contributed by atoms with Crippen LogP contribution in [0.1, 0.15) is 5.56 Å². The maximum atomic E-state index is 11.7. The van der Waals surface area contributed by atoms with Gasteiger partial charge in [-0.25, -0.2) is 8.42 Å². The molecule has 1 N–H and O–H groups in total. The lowest BCUT2D eigenvalue weighted by Crippen LogP contribution is -2.31. The summed E-state index contributed by atoms with van der Waals surface area (Å²) in [6.07, 6.45) is 4.81. The van der Waals surface area contributed by atoms with Crippen LogP contribution >= 0.6 is 0 Å². The summed E-state index contributed by atoms with van der Waals surface area (Å²) in [5.41, 5.74) is 1.01. The Kier molecular flexibility index (Phi) is 5.18. The zero-order valence-corrected chi connectivity index (χ0v) is 14.4. The van der Waals surface area contributed by atoms with Crippen molar-refractivity contribution < 1.29 is 22.8 Å². The fourth-order valence-corrected chi connectivity index (χ4v) is 3.04. The first-order valence-corrected chi connectivity index (χ1v) is 8.51. The molecule has 0 spiro atoms. The van der Waals surface area contributed by atoms with Gasteiger partial charge in [-0.1, -0.05) is 11.3 Å². The number of allylic oxidation sites excluding steroid dienone is 1. The van der Waals surface area contributed by atoms with Crippen molar-refractivity contribution in [3.63, 3.8) is 0 Å².